The van der Waals surface area contributed by atoms with E-state index in [-0.39, 0.29) is 6.61 Å². The number of rotatable bonds is 5. The second kappa shape index (κ2) is 9.00. The van der Waals surface area contributed by atoms with Crippen LogP contribution in [-0.4, -0.2) is 18.4 Å². The quantitative estimate of drug-likeness (QED) is 0.609. The molecule has 5 nitrogen and oxygen atoms in total. The van der Waals surface area contributed by atoms with E-state index in [2.05, 4.69) is 26.8 Å². The first-order valence-corrected chi connectivity index (χ1v) is 9.04. The van der Waals surface area contributed by atoms with E-state index in [1.54, 1.807) is 36.4 Å². The zero-order valence-electron chi connectivity index (χ0n) is 14.3. The number of hydrazine groups is 1. The molecule has 0 heterocycles. The van der Waals surface area contributed by atoms with Gasteiger partial charge in [-0.05, 0) is 47.5 Å². The fraction of sp³-hybridized carbons (Fsp3) is 0.0476. The van der Waals surface area contributed by atoms with Crippen molar-refractivity contribution in [1.29, 1.82) is 0 Å². The van der Waals surface area contributed by atoms with Crippen molar-refractivity contribution in [2.75, 3.05) is 6.61 Å². The van der Waals surface area contributed by atoms with Gasteiger partial charge in [-0.3, -0.25) is 20.4 Å². The first-order chi connectivity index (χ1) is 13.1. The number of hydrogen-bond acceptors (Lipinski definition) is 3. The van der Waals surface area contributed by atoms with E-state index >= 15 is 0 Å². The minimum atomic E-state index is -0.451. The molecule has 136 valence electrons. The van der Waals surface area contributed by atoms with Crippen molar-refractivity contribution in [2.24, 2.45) is 0 Å². The SMILES string of the molecule is O=C(COc1ccc(-c2ccccc2)cc1)NNC(=O)c1ccc(Br)cc1. The van der Waals surface area contributed by atoms with Gasteiger partial charge in [0, 0.05) is 10.0 Å². The number of nitrogens with one attached hydrogen (secondary N) is 2. The molecule has 0 aliphatic heterocycles. The highest BCUT2D eigenvalue weighted by molar-refractivity contribution is 9.10. The van der Waals surface area contributed by atoms with Crippen LogP contribution in [0.4, 0.5) is 0 Å². The lowest BCUT2D eigenvalue weighted by Crippen LogP contribution is -2.43. The van der Waals surface area contributed by atoms with Crippen LogP contribution in [0.3, 0.4) is 0 Å². The molecule has 0 unspecified atom stereocenters. The lowest BCUT2D eigenvalue weighted by molar-refractivity contribution is -0.123. The van der Waals surface area contributed by atoms with Crippen LogP contribution in [0.1, 0.15) is 10.4 Å². The molecule has 0 bridgehead atoms. The lowest BCUT2D eigenvalue weighted by Gasteiger charge is -2.09. The average Bonchev–Trinajstić information content (AvgIpc) is 2.72. The summed E-state index contributed by atoms with van der Waals surface area (Å²) in [7, 11) is 0. The van der Waals surface area contributed by atoms with Gasteiger partial charge in [0.25, 0.3) is 11.8 Å². The maximum atomic E-state index is 11.9. The van der Waals surface area contributed by atoms with E-state index in [1.807, 2.05) is 42.5 Å². The molecule has 0 aromatic heterocycles. The number of carbonyl (C=O) groups is 2. The summed E-state index contributed by atoms with van der Waals surface area (Å²) in [5.74, 6) is -0.278. The molecule has 0 fully saturated rings. The molecule has 0 atom stereocenters. The lowest BCUT2D eigenvalue weighted by atomic mass is 10.1. The minimum Gasteiger partial charge on any atom is -0.484 e. The van der Waals surface area contributed by atoms with Gasteiger partial charge in [-0.25, -0.2) is 0 Å². The van der Waals surface area contributed by atoms with Crippen molar-refractivity contribution in [3.63, 3.8) is 0 Å². The molecule has 0 radical (unpaired) electrons. The van der Waals surface area contributed by atoms with E-state index in [1.165, 1.54) is 0 Å². The molecule has 0 spiro atoms. The van der Waals surface area contributed by atoms with Crippen LogP contribution < -0.4 is 15.6 Å². The van der Waals surface area contributed by atoms with Gasteiger partial charge >= 0.3 is 0 Å². The molecule has 0 aliphatic rings. The van der Waals surface area contributed by atoms with E-state index < -0.39 is 11.8 Å². The summed E-state index contributed by atoms with van der Waals surface area (Å²) in [4.78, 5) is 23.8. The van der Waals surface area contributed by atoms with E-state index in [4.69, 9.17) is 4.74 Å². The van der Waals surface area contributed by atoms with Crippen molar-refractivity contribution in [3.8, 4) is 16.9 Å². The van der Waals surface area contributed by atoms with Gasteiger partial charge < -0.3 is 4.74 Å². The van der Waals surface area contributed by atoms with Gasteiger partial charge in [0.2, 0.25) is 0 Å². The number of carbonyl (C=O) groups excluding carboxylic acids is 2. The topological polar surface area (TPSA) is 67.4 Å². The third kappa shape index (κ3) is 5.43. The van der Waals surface area contributed by atoms with E-state index in [0.29, 0.717) is 11.3 Å². The van der Waals surface area contributed by atoms with E-state index in [9.17, 15) is 9.59 Å². The Labute approximate surface area is 165 Å². The Balaban J connectivity index is 1.46. The van der Waals surface area contributed by atoms with Crippen LogP contribution in [0.25, 0.3) is 11.1 Å². The van der Waals surface area contributed by atoms with E-state index in [0.717, 1.165) is 15.6 Å². The third-order valence-corrected chi connectivity index (χ3v) is 4.28. The highest BCUT2D eigenvalue weighted by Gasteiger charge is 2.08. The Morgan fingerprint density at radius 3 is 2.07 bits per heavy atom. The Morgan fingerprint density at radius 2 is 1.41 bits per heavy atom. The summed E-state index contributed by atoms with van der Waals surface area (Å²) in [6, 6.07) is 24.2. The first kappa shape index (κ1) is 18.7. The molecule has 2 N–H and O–H groups in total. The molecular formula is C21H17BrN2O3. The zero-order valence-corrected chi connectivity index (χ0v) is 15.9. The van der Waals surface area contributed by atoms with Crippen LogP contribution in [0.5, 0.6) is 5.75 Å². The standard InChI is InChI=1S/C21H17BrN2O3/c22-18-10-6-17(7-11-18)21(26)24-23-20(25)14-27-19-12-8-16(9-13-19)15-4-2-1-3-5-15/h1-13H,14H2,(H,23,25)(H,24,26). The summed E-state index contributed by atoms with van der Waals surface area (Å²) in [6.07, 6.45) is 0. The molecule has 6 heteroatoms. The number of hydrogen-bond donors (Lipinski definition) is 2. The van der Waals surface area contributed by atoms with Crippen molar-refractivity contribution < 1.29 is 14.3 Å². The zero-order chi connectivity index (χ0) is 19.1. The molecule has 0 aliphatic carbocycles. The number of benzene rings is 3. The first-order valence-electron chi connectivity index (χ1n) is 8.25. The molecule has 2 amide bonds. The second-order valence-corrected chi connectivity index (χ2v) is 6.60. The van der Waals surface area contributed by atoms with Crippen molar-refractivity contribution in [2.45, 2.75) is 0 Å². The highest BCUT2D eigenvalue weighted by atomic mass is 79.9. The van der Waals surface area contributed by atoms with Gasteiger partial charge in [-0.15, -0.1) is 0 Å². The fourth-order valence-corrected chi connectivity index (χ4v) is 2.62. The van der Waals surface area contributed by atoms with Gasteiger partial charge in [0.05, 0.1) is 0 Å². The number of amides is 2. The predicted molar refractivity (Wildman–Crippen MR) is 107 cm³/mol. The monoisotopic (exact) mass is 424 g/mol. The van der Waals surface area contributed by atoms with Gasteiger partial charge in [-0.2, -0.15) is 0 Å². The van der Waals surface area contributed by atoms with Crippen LogP contribution in [0.2, 0.25) is 0 Å². The van der Waals surface area contributed by atoms with Crippen molar-refractivity contribution in [3.05, 3.63) is 88.9 Å². The maximum absolute atomic E-state index is 11.9. The van der Waals surface area contributed by atoms with Crippen LogP contribution in [0, 0.1) is 0 Å². The summed E-state index contributed by atoms with van der Waals surface area (Å²) < 4.78 is 6.31. The Kier molecular flexibility index (Phi) is 6.22. The molecule has 27 heavy (non-hydrogen) atoms. The number of halogens is 1. The summed E-state index contributed by atoms with van der Waals surface area (Å²) >= 11 is 3.30. The molecule has 0 saturated heterocycles. The Bertz CT molecular complexity index is 910. The molecule has 3 aromatic carbocycles. The smallest absolute Gasteiger partial charge is 0.276 e. The van der Waals surface area contributed by atoms with Gasteiger partial charge in [0.1, 0.15) is 5.75 Å². The molecule has 3 aromatic rings. The summed E-state index contributed by atoms with van der Waals surface area (Å²) in [5.41, 5.74) is 7.29. The highest BCUT2D eigenvalue weighted by Crippen LogP contribution is 2.21. The van der Waals surface area contributed by atoms with Crippen LogP contribution in [0.15, 0.2) is 83.3 Å². The summed E-state index contributed by atoms with van der Waals surface area (Å²) in [6.45, 7) is -0.203. The second-order valence-electron chi connectivity index (χ2n) is 5.69. The third-order valence-electron chi connectivity index (χ3n) is 3.75. The maximum Gasteiger partial charge on any atom is 0.276 e. The Morgan fingerprint density at radius 1 is 0.778 bits per heavy atom. The summed E-state index contributed by atoms with van der Waals surface area (Å²) in [5, 5.41) is 0. The van der Waals surface area contributed by atoms with Crippen molar-refractivity contribution >= 4 is 27.7 Å². The normalized spacial score (nSPS) is 10.1. The number of ether oxygens (including phenoxy) is 1. The van der Waals surface area contributed by atoms with Crippen LogP contribution >= 0.6 is 15.9 Å². The van der Waals surface area contributed by atoms with Crippen LogP contribution in [-0.2, 0) is 4.79 Å². The molecule has 3 rings (SSSR count). The average molecular weight is 425 g/mol. The van der Waals surface area contributed by atoms with Crippen molar-refractivity contribution in [1.82, 2.24) is 10.9 Å². The largest absolute Gasteiger partial charge is 0.484 e. The fourth-order valence-electron chi connectivity index (χ4n) is 2.36. The van der Waals surface area contributed by atoms with Gasteiger partial charge in [-0.1, -0.05) is 58.4 Å². The minimum absolute atomic E-state index is 0.203. The Hall–Kier alpha value is -3.12. The van der Waals surface area contributed by atoms with Gasteiger partial charge in [0.15, 0.2) is 6.61 Å². The predicted octanol–water partition coefficient (Wildman–Crippen LogP) is 3.96. The molecule has 0 saturated carbocycles. The molecular weight excluding hydrogens is 408 g/mol.